The van der Waals surface area contributed by atoms with Gasteiger partial charge in [-0.25, -0.2) is 0 Å². The number of carbonyl (C=O) groups excluding carboxylic acids is 3. The summed E-state index contributed by atoms with van der Waals surface area (Å²) in [6, 6.07) is 8.92. The van der Waals surface area contributed by atoms with Gasteiger partial charge in [-0.15, -0.1) is 0 Å². The Bertz CT molecular complexity index is 744. The fraction of sp³-hybridized carbons (Fsp3) is 0.450. The third-order valence-electron chi connectivity index (χ3n) is 6.32. The lowest BCUT2D eigenvalue weighted by molar-refractivity contribution is -0.154. The number of methoxy groups -OCH3 is 1. The van der Waals surface area contributed by atoms with Crippen LogP contribution in [0.5, 0.6) is 0 Å². The number of benzene rings is 1. The predicted molar refractivity (Wildman–Crippen MR) is 89.4 cm³/mol. The van der Waals surface area contributed by atoms with E-state index in [0.29, 0.717) is 17.6 Å². The maximum absolute atomic E-state index is 13.1. The number of esters is 1. The molecule has 3 rings (SSSR count). The Morgan fingerprint density at radius 3 is 2.33 bits per heavy atom. The smallest absolute Gasteiger partial charge is 0.309 e. The molecule has 3 atom stereocenters. The van der Waals surface area contributed by atoms with E-state index in [1.165, 1.54) is 13.2 Å². The number of Topliss-reactive ketones (excluding diaryl/α,β-unsaturated/α-hetero) is 1. The van der Waals surface area contributed by atoms with Crippen molar-refractivity contribution in [1.82, 2.24) is 0 Å². The van der Waals surface area contributed by atoms with Gasteiger partial charge in [-0.2, -0.15) is 0 Å². The minimum atomic E-state index is -0.826. The lowest BCUT2D eigenvalue weighted by atomic mass is 9.66. The van der Waals surface area contributed by atoms with Crippen LogP contribution < -0.4 is 0 Å². The van der Waals surface area contributed by atoms with Crippen molar-refractivity contribution in [3.8, 4) is 0 Å². The fourth-order valence-electron chi connectivity index (χ4n) is 4.47. The summed E-state index contributed by atoms with van der Waals surface area (Å²) < 4.78 is 4.90. The topological polar surface area (TPSA) is 60.4 Å². The molecule has 24 heavy (non-hydrogen) atoms. The van der Waals surface area contributed by atoms with E-state index < -0.39 is 11.3 Å². The Labute approximate surface area is 141 Å². The zero-order valence-corrected chi connectivity index (χ0v) is 14.5. The Hall–Kier alpha value is -2.23. The van der Waals surface area contributed by atoms with Crippen LogP contribution in [0, 0.1) is 22.7 Å². The van der Waals surface area contributed by atoms with Crippen LogP contribution >= 0.6 is 0 Å². The van der Waals surface area contributed by atoms with Gasteiger partial charge in [0.1, 0.15) is 0 Å². The van der Waals surface area contributed by atoms with Gasteiger partial charge < -0.3 is 4.74 Å². The highest BCUT2D eigenvalue weighted by Crippen LogP contribution is 2.68. The lowest BCUT2D eigenvalue weighted by Crippen LogP contribution is -2.42. The summed E-state index contributed by atoms with van der Waals surface area (Å²) in [5.41, 5.74) is -0.0937. The molecule has 0 heterocycles. The number of carbonyl (C=O) groups is 3. The quantitative estimate of drug-likeness (QED) is 0.486. The first-order valence-electron chi connectivity index (χ1n) is 8.18. The van der Waals surface area contributed by atoms with Gasteiger partial charge in [0.05, 0.1) is 13.0 Å². The van der Waals surface area contributed by atoms with Crippen LogP contribution in [0.3, 0.4) is 0 Å². The number of allylic oxidation sites excluding steroid dienone is 2. The number of ketones is 2. The molecule has 0 radical (unpaired) electrons. The van der Waals surface area contributed by atoms with Crippen LogP contribution in [0.4, 0.5) is 0 Å². The zero-order valence-electron chi connectivity index (χ0n) is 14.5. The van der Waals surface area contributed by atoms with Gasteiger partial charge in [0.2, 0.25) is 0 Å². The lowest BCUT2D eigenvalue weighted by Gasteiger charge is -2.35. The average molecular weight is 326 g/mol. The summed E-state index contributed by atoms with van der Waals surface area (Å²) in [7, 11) is 1.35. The van der Waals surface area contributed by atoms with Crippen LogP contribution in [0.2, 0.25) is 0 Å². The second kappa shape index (κ2) is 5.40. The summed E-state index contributed by atoms with van der Waals surface area (Å²) in [6.45, 7) is 5.85. The Morgan fingerprint density at radius 2 is 1.79 bits per heavy atom. The molecule has 4 nitrogen and oxygen atoms in total. The monoisotopic (exact) mass is 326 g/mol. The number of rotatable bonds is 3. The number of hydrogen-bond donors (Lipinski definition) is 0. The molecule has 1 aromatic rings. The van der Waals surface area contributed by atoms with Gasteiger partial charge in [-0.05, 0) is 23.8 Å². The molecule has 0 amide bonds. The summed E-state index contributed by atoms with van der Waals surface area (Å²) in [4.78, 5) is 37.7. The van der Waals surface area contributed by atoms with Crippen LogP contribution in [0.1, 0.15) is 37.6 Å². The molecular formula is C20H22O4. The molecule has 0 saturated heterocycles. The molecule has 1 aromatic carbocycles. The van der Waals surface area contributed by atoms with Crippen molar-refractivity contribution in [2.24, 2.45) is 22.7 Å². The van der Waals surface area contributed by atoms with Gasteiger partial charge in [-0.1, -0.05) is 51.1 Å². The number of ether oxygens (including phenoxy) is 1. The maximum Gasteiger partial charge on any atom is 0.309 e. The predicted octanol–water partition coefficient (Wildman–Crippen LogP) is 3.22. The van der Waals surface area contributed by atoms with E-state index in [-0.39, 0.29) is 28.9 Å². The number of hydrogen-bond acceptors (Lipinski definition) is 4. The molecule has 0 aliphatic heterocycles. The van der Waals surface area contributed by atoms with Crippen molar-refractivity contribution in [3.05, 3.63) is 47.5 Å². The standard InChI is InChI=1S/C20H22O4/c1-19(2)14-11-15(18(23)24-4)20(19,3)17(22)13(14)10-16(21)12-8-6-5-7-9-12/h5-10,14-15H,11H2,1-4H3/b13-10-/t14-,15+,20+/m1/s1. The molecule has 2 saturated carbocycles. The normalized spacial score (nSPS) is 32.2. The molecule has 0 N–H and O–H groups in total. The van der Waals surface area contributed by atoms with Gasteiger partial charge in [-0.3, -0.25) is 14.4 Å². The second-order valence-electron chi connectivity index (χ2n) is 7.45. The molecular weight excluding hydrogens is 304 g/mol. The van der Waals surface area contributed by atoms with E-state index in [1.54, 1.807) is 24.3 Å². The summed E-state index contributed by atoms with van der Waals surface area (Å²) in [5.74, 6) is -1.15. The molecule has 0 unspecified atom stereocenters. The third-order valence-corrected chi connectivity index (χ3v) is 6.32. The van der Waals surface area contributed by atoms with Crippen molar-refractivity contribution in [2.75, 3.05) is 7.11 Å². The molecule has 2 fully saturated rings. The Kier molecular flexibility index (Phi) is 3.74. The Morgan fingerprint density at radius 1 is 1.17 bits per heavy atom. The van der Waals surface area contributed by atoms with Crippen molar-refractivity contribution < 1.29 is 19.1 Å². The largest absolute Gasteiger partial charge is 0.469 e. The van der Waals surface area contributed by atoms with E-state index >= 15 is 0 Å². The van der Waals surface area contributed by atoms with E-state index in [0.717, 1.165) is 0 Å². The minimum Gasteiger partial charge on any atom is -0.469 e. The van der Waals surface area contributed by atoms with Crippen molar-refractivity contribution in [1.29, 1.82) is 0 Å². The van der Waals surface area contributed by atoms with Crippen LogP contribution in [-0.4, -0.2) is 24.6 Å². The van der Waals surface area contributed by atoms with E-state index in [9.17, 15) is 14.4 Å². The first-order chi connectivity index (χ1) is 11.2. The van der Waals surface area contributed by atoms with Crippen molar-refractivity contribution in [2.45, 2.75) is 27.2 Å². The maximum atomic E-state index is 13.1. The Balaban J connectivity index is 2.01. The molecule has 4 heteroatoms. The fourth-order valence-corrected chi connectivity index (χ4v) is 4.47. The van der Waals surface area contributed by atoms with Gasteiger partial charge in [0.25, 0.3) is 0 Å². The van der Waals surface area contributed by atoms with E-state index in [4.69, 9.17) is 4.74 Å². The first-order valence-corrected chi connectivity index (χ1v) is 8.18. The number of fused-ring (bicyclic) bond motifs is 2. The average Bonchev–Trinajstić information content (AvgIpc) is 2.86. The molecule has 0 spiro atoms. The van der Waals surface area contributed by atoms with Crippen molar-refractivity contribution >= 4 is 17.5 Å². The summed E-state index contributed by atoms with van der Waals surface area (Å²) >= 11 is 0. The van der Waals surface area contributed by atoms with Crippen LogP contribution in [0.25, 0.3) is 0 Å². The molecule has 0 aromatic heterocycles. The molecule has 2 aliphatic rings. The molecule has 2 aliphatic carbocycles. The minimum absolute atomic E-state index is 0.0940. The zero-order chi connectivity index (χ0) is 17.7. The first kappa shape index (κ1) is 16.6. The van der Waals surface area contributed by atoms with Gasteiger partial charge in [0, 0.05) is 16.6 Å². The highest BCUT2D eigenvalue weighted by Gasteiger charge is 2.70. The van der Waals surface area contributed by atoms with E-state index in [1.807, 2.05) is 26.8 Å². The third kappa shape index (κ3) is 2.02. The SMILES string of the molecule is COC(=O)[C@@H]1C[C@@H]2/C(=C/C(=O)c3ccccc3)C(=O)[C@@]1(C)C2(C)C. The van der Waals surface area contributed by atoms with Gasteiger partial charge >= 0.3 is 5.97 Å². The van der Waals surface area contributed by atoms with Crippen LogP contribution in [-0.2, 0) is 14.3 Å². The summed E-state index contributed by atoms with van der Waals surface area (Å²) in [6.07, 6.45) is 2.03. The van der Waals surface area contributed by atoms with Gasteiger partial charge in [0.15, 0.2) is 11.6 Å². The van der Waals surface area contributed by atoms with Crippen LogP contribution in [0.15, 0.2) is 42.0 Å². The highest BCUT2D eigenvalue weighted by molar-refractivity contribution is 6.14. The van der Waals surface area contributed by atoms with E-state index in [2.05, 4.69) is 0 Å². The second-order valence-corrected chi connectivity index (χ2v) is 7.45. The molecule has 2 bridgehead atoms. The summed E-state index contributed by atoms with van der Waals surface area (Å²) in [5, 5.41) is 0. The highest BCUT2D eigenvalue weighted by atomic mass is 16.5. The molecule has 126 valence electrons. The van der Waals surface area contributed by atoms with Crippen molar-refractivity contribution in [3.63, 3.8) is 0 Å².